The number of unbranched alkanes of at least 4 members (excludes halogenated alkanes) is 8. The monoisotopic (exact) mass is 655 g/mol. The van der Waals surface area contributed by atoms with Crippen molar-refractivity contribution in [3.63, 3.8) is 0 Å². The number of carbonyl (C=O) groups excluding carboxylic acids is 1. The molecule has 0 bridgehead atoms. The third-order valence-electron chi connectivity index (χ3n) is 15.7. The van der Waals surface area contributed by atoms with Crippen LogP contribution in [0, 0.1) is 50.2 Å². The highest BCUT2D eigenvalue weighted by molar-refractivity contribution is 5.76. The highest BCUT2D eigenvalue weighted by Crippen LogP contribution is 2.75. The fourth-order valence-electron chi connectivity index (χ4n) is 12.6. The Balaban J connectivity index is 1.32. The number of aliphatic hydroxyl groups excluding tert-OH is 1. The first-order valence-electron chi connectivity index (χ1n) is 19.8. The molecule has 2 N–H and O–H groups in total. The number of carboxylic acids is 1. The summed E-state index contributed by atoms with van der Waals surface area (Å²) >= 11 is 0. The van der Waals surface area contributed by atoms with Crippen molar-refractivity contribution >= 4 is 11.9 Å². The zero-order valence-electron chi connectivity index (χ0n) is 31.5. The van der Waals surface area contributed by atoms with Gasteiger partial charge in [0.2, 0.25) is 0 Å². The first kappa shape index (κ1) is 36.9. The van der Waals surface area contributed by atoms with E-state index in [4.69, 9.17) is 4.74 Å². The second kappa shape index (κ2) is 13.4. The van der Waals surface area contributed by atoms with E-state index in [-0.39, 0.29) is 39.0 Å². The minimum atomic E-state index is -0.669. The fourth-order valence-corrected chi connectivity index (χ4v) is 12.6. The van der Waals surface area contributed by atoms with Crippen LogP contribution in [0.25, 0.3) is 0 Å². The molecule has 0 amide bonds. The first-order chi connectivity index (χ1) is 22.0. The Bertz CT molecular complexity index is 1190. The van der Waals surface area contributed by atoms with Gasteiger partial charge in [-0.3, -0.25) is 9.59 Å². The molecular weight excluding hydrogens is 584 g/mol. The SMILES string of the molecule is CCCCCCCCCCCC(=O)O[C@@H]1C[C@]2(C)[C@H]3CC=C4[C@@H]5CC(C)(C)CC[C@]5(C(=O)O)CC[C@@]4(C)[C@]3(C)CC[C@H]2C(C)(C)[C@H]1O. The van der Waals surface area contributed by atoms with Crippen molar-refractivity contribution < 1.29 is 24.5 Å². The predicted molar refractivity (Wildman–Crippen MR) is 190 cm³/mol. The van der Waals surface area contributed by atoms with Gasteiger partial charge < -0.3 is 14.9 Å². The zero-order chi connectivity index (χ0) is 34.5. The van der Waals surface area contributed by atoms with Crippen LogP contribution in [-0.4, -0.2) is 34.4 Å². The number of hydrogen-bond donors (Lipinski definition) is 2. The number of carbonyl (C=O) groups is 2. The average Bonchev–Trinajstić information content (AvgIpc) is 2.99. The van der Waals surface area contributed by atoms with Gasteiger partial charge in [0.15, 0.2) is 0 Å². The largest absolute Gasteiger partial charge is 0.481 e. The summed E-state index contributed by atoms with van der Waals surface area (Å²) in [6.07, 6.45) is 20.9. The average molecular weight is 655 g/mol. The van der Waals surface area contributed by atoms with Crippen molar-refractivity contribution in [3.8, 4) is 0 Å². The lowest BCUT2D eigenvalue weighted by atomic mass is 9.33. The summed E-state index contributed by atoms with van der Waals surface area (Å²) in [5.41, 5.74) is 0.492. The number of allylic oxidation sites excluding steroid dienone is 2. The van der Waals surface area contributed by atoms with Crippen LogP contribution in [-0.2, 0) is 14.3 Å². The lowest BCUT2D eigenvalue weighted by molar-refractivity contribution is -0.238. The van der Waals surface area contributed by atoms with Crippen LogP contribution in [0.3, 0.4) is 0 Å². The third-order valence-corrected chi connectivity index (χ3v) is 15.7. The molecule has 0 aromatic rings. The van der Waals surface area contributed by atoms with Crippen LogP contribution >= 0.6 is 0 Å². The van der Waals surface area contributed by atoms with Crippen LogP contribution in [0.4, 0.5) is 0 Å². The summed E-state index contributed by atoms with van der Waals surface area (Å²) in [5, 5.41) is 22.4. The maximum Gasteiger partial charge on any atom is 0.310 e. The molecule has 0 aromatic carbocycles. The molecule has 5 nitrogen and oxygen atoms in total. The van der Waals surface area contributed by atoms with Gasteiger partial charge >= 0.3 is 11.9 Å². The Hall–Kier alpha value is -1.36. The predicted octanol–water partition coefficient (Wildman–Crippen LogP) is 10.7. The lowest BCUT2D eigenvalue weighted by Gasteiger charge is -2.71. The number of aliphatic carboxylic acids is 1. The molecule has 4 saturated carbocycles. The topological polar surface area (TPSA) is 83.8 Å². The van der Waals surface area contributed by atoms with Crippen molar-refractivity contribution in [2.45, 2.75) is 190 Å². The summed E-state index contributed by atoms with van der Waals surface area (Å²) in [5.74, 6) is 0.0959. The molecule has 4 fully saturated rings. The molecule has 0 spiro atoms. The normalized spacial score (nSPS) is 41.8. The fraction of sp³-hybridized carbons (Fsp3) is 0.905. The van der Waals surface area contributed by atoms with Crippen LogP contribution in [0.15, 0.2) is 11.6 Å². The highest BCUT2D eigenvalue weighted by Gasteiger charge is 2.70. The van der Waals surface area contributed by atoms with Crippen molar-refractivity contribution in [2.24, 2.45) is 50.2 Å². The molecule has 0 radical (unpaired) electrons. The molecule has 5 rings (SSSR count). The lowest BCUT2D eigenvalue weighted by Crippen LogP contribution is -2.67. The molecule has 0 saturated heterocycles. The molecule has 0 aliphatic heterocycles. The Morgan fingerprint density at radius 2 is 1.43 bits per heavy atom. The van der Waals surface area contributed by atoms with Crippen molar-refractivity contribution in [1.29, 1.82) is 0 Å². The highest BCUT2D eigenvalue weighted by atomic mass is 16.6. The van der Waals surface area contributed by atoms with Crippen molar-refractivity contribution in [2.75, 3.05) is 0 Å². The van der Waals surface area contributed by atoms with Gasteiger partial charge in [-0.2, -0.15) is 0 Å². The standard InChI is InChI=1S/C42H70O5/c1-9-10-11-12-13-14-15-16-17-18-34(43)47-31-28-39(6)32(38(4,5)35(31)44)21-22-41(8)33(39)20-19-29-30-27-37(2,3)23-25-42(30,36(45)46)26-24-40(29,41)7/h19,30-33,35,44H,9-18,20-28H2,1-8H3,(H,45,46)/t30-,31+,32-,33+,35-,39-,40+,41+,42-/m0/s1. The molecule has 0 heterocycles. The maximum absolute atomic E-state index is 13.2. The second-order valence-electron chi connectivity index (χ2n) is 19.3. The molecule has 47 heavy (non-hydrogen) atoms. The second-order valence-corrected chi connectivity index (χ2v) is 19.3. The van der Waals surface area contributed by atoms with Crippen LogP contribution in [0.2, 0.25) is 0 Å². The van der Waals surface area contributed by atoms with Gasteiger partial charge in [0, 0.05) is 6.42 Å². The third kappa shape index (κ3) is 6.28. The van der Waals surface area contributed by atoms with Crippen molar-refractivity contribution in [3.05, 3.63) is 11.6 Å². The Morgan fingerprint density at radius 3 is 2.06 bits per heavy atom. The summed E-state index contributed by atoms with van der Waals surface area (Å²) in [6, 6.07) is 0. The van der Waals surface area contributed by atoms with Gasteiger partial charge in [0.1, 0.15) is 6.10 Å². The molecule has 9 atom stereocenters. The summed E-state index contributed by atoms with van der Waals surface area (Å²) < 4.78 is 6.23. The number of carboxylic acid groups (broad SMARTS) is 1. The van der Waals surface area contributed by atoms with E-state index in [1.165, 1.54) is 50.5 Å². The van der Waals surface area contributed by atoms with Crippen LogP contribution < -0.4 is 0 Å². The Morgan fingerprint density at radius 1 is 0.809 bits per heavy atom. The van der Waals surface area contributed by atoms with E-state index in [0.29, 0.717) is 24.7 Å². The zero-order valence-corrected chi connectivity index (χ0v) is 31.5. The number of ether oxygens (including phenoxy) is 1. The van der Waals surface area contributed by atoms with Crippen LogP contribution in [0.1, 0.15) is 177 Å². The summed E-state index contributed by atoms with van der Waals surface area (Å²) in [4.78, 5) is 26.2. The minimum Gasteiger partial charge on any atom is -0.481 e. The first-order valence-corrected chi connectivity index (χ1v) is 19.8. The molecule has 5 heteroatoms. The van der Waals surface area contributed by atoms with Gasteiger partial charge in [-0.05, 0) is 109 Å². The van der Waals surface area contributed by atoms with Crippen molar-refractivity contribution in [1.82, 2.24) is 0 Å². The van der Waals surface area contributed by atoms with E-state index in [1.807, 2.05) is 0 Å². The summed E-state index contributed by atoms with van der Waals surface area (Å²) in [7, 11) is 0. The molecular formula is C42H70O5. The minimum absolute atomic E-state index is 0.0259. The molecule has 268 valence electrons. The number of esters is 1. The summed E-state index contributed by atoms with van der Waals surface area (Å²) in [6.45, 7) is 18.8. The van der Waals surface area contributed by atoms with Gasteiger partial charge in [0.05, 0.1) is 11.5 Å². The van der Waals surface area contributed by atoms with Gasteiger partial charge in [-0.25, -0.2) is 0 Å². The van der Waals surface area contributed by atoms with E-state index < -0.39 is 23.6 Å². The quantitative estimate of drug-likeness (QED) is 0.124. The molecule has 5 aliphatic rings. The van der Waals surface area contributed by atoms with E-state index in [0.717, 1.165) is 64.2 Å². The van der Waals surface area contributed by atoms with E-state index in [2.05, 4.69) is 61.5 Å². The smallest absolute Gasteiger partial charge is 0.310 e. The van der Waals surface area contributed by atoms with E-state index >= 15 is 0 Å². The van der Waals surface area contributed by atoms with E-state index in [1.54, 1.807) is 0 Å². The Kier molecular flexibility index (Phi) is 10.5. The molecule has 0 unspecified atom stereocenters. The number of rotatable bonds is 12. The Labute approximate surface area is 287 Å². The number of hydrogen-bond acceptors (Lipinski definition) is 4. The molecule has 5 aliphatic carbocycles. The van der Waals surface area contributed by atoms with Gasteiger partial charge in [-0.1, -0.05) is 118 Å². The van der Waals surface area contributed by atoms with Gasteiger partial charge in [-0.15, -0.1) is 0 Å². The van der Waals surface area contributed by atoms with Gasteiger partial charge in [0.25, 0.3) is 0 Å². The molecule has 0 aromatic heterocycles. The number of aliphatic hydroxyl groups is 1. The maximum atomic E-state index is 13.2. The van der Waals surface area contributed by atoms with Crippen LogP contribution in [0.5, 0.6) is 0 Å². The van der Waals surface area contributed by atoms with E-state index in [9.17, 15) is 19.8 Å². The number of fused-ring (bicyclic) bond motifs is 7.